The molecule has 0 amide bonds. The number of halogens is 2. The number of rotatable bonds is 3. The van der Waals surface area contributed by atoms with Crippen LogP contribution < -0.4 is 5.32 Å². The molecule has 2 aromatic carbocycles. The van der Waals surface area contributed by atoms with Gasteiger partial charge in [0.1, 0.15) is 5.82 Å². The molecule has 19 heavy (non-hydrogen) atoms. The van der Waals surface area contributed by atoms with Crippen molar-refractivity contribution in [3.05, 3.63) is 68.9 Å². The lowest BCUT2D eigenvalue weighted by molar-refractivity contribution is 0.623. The molecule has 1 atom stereocenters. The highest BCUT2D eigenvalue weighted by atomic mass is 79.9. The molecule has 0 aliphatic heterocycles. The molecule has 0 aliphatic carbocycles. The highest BCUT2D eigenvalue weighted by Crippen LogP contribution is 2.28. The van der Waals surface area contributed by atoms with Crippen molar-refractivity contribution in [1.82, 2.24) is 5.32 Å². The Morgan fingerprint density at radius 3 is 2.00 bits per heavy atom. The summed E-state index contributed by atoms with van der Waals surface area (Å²) < 4.78 is 14.2. The van der Waals surface area contributed by atoms with Crippen LogP contribution in [0.3, 0.4) is 0 Å². The summed E-state index contributed by atoms with van der Waals surface area (Å²) in [6, 6.07) is 11.0. The van der Waals surface area contributed by atoms with Crippen LogP contribution in [0.25, 0.3) is 0 Å². The molecule has 2 rings (SSSR count). The summed E-state index contributed by atoms with van der Waals surface area (Å²) in [6.07, 6.45) is 0. The van der Waals surface area contributed by atoms with Crippen LogP contribution in [0.2, 0.25) is 0 Å². The Labute approximate surface area is 122 Å². The lowest BCUT2D eigenvalue weighted by Crippen LogP contribution is -2.18. The molecule has 0 heterocycles. The summed E-state index contributed by atoms with van der Waals surface area (Å²) in [5.41, 5.74) is 4.66. The van der Waals surface area contributed by atoms with Gasteiger partial charge in [-0.05, 0) is 55.3 Å². The number of hydrogen-bond acceptors (Lipinski definition) is 1. The van der Waals surface area contributed by atoms with Gasteiger partial charge in [-0.1, -0.05) is 40.2 Å². The average Bonchev–Trinajstić information content (AvgIpc) is 2.39. The predicted octanol–water partition coefficient (Wildman–Crippen LogP) is 4.51. The van der Waals surface area contributed by atoms with Crippen molar-refractivity contribution >= 4 is 15.9 Å². The van der Waals surface area contributed by atoms with Gasteiger partial charge in [-0.3, -0.25) is 0 Å². The van der Waals surface area contributed by atoms with Gasteiger partial charge >= 0.3 is 0 Å². The quantitative estimate of drug-likeness (QED) is 0.876. The van der Waals surface area contributed by atoms with Gasteiger partial charge in [0.15, 0.2) is 0 Å². The molecule has 0 aliphatic rings. The lowest BCUT2D eigenvalue weighted by atomic mass is 9.96. The minimum absolute atomic E-state index is 0.0751. The zero-order valence-corrected chi connectivity index (χ0v) is 12.9. The predicted molar refractivity (Wildman–Crippen MR) is 80.9 cm³/mol. The van der Waals surface area contributed by atoms with Crippen LogP contribution >= 0.6 is 15.9 Å². The molecule has 100 valence electrons. The molecular weight excluding hydrogens is 305 g/mol. The van der Waals surface area contributed by atoms with Crippen LogP contribution in [0, 0.1) is 19.7 Å². The Kier molecular flexibility index (Phi) is 4.38. The van der Waals surface area contributed by atoms with Crippen LogP contribution in [0.15, 0.2) is 40.9 Å². The first kappa shape index (κ1) is 14.2. The first-order chi connectivity index (χ1) is 9.02. The lowest BCUT2D eigenvalue weighted by Gasteiger charge is -2.19. The summed E-state index contributed by atoms with van der Waals surface area (Å²) in [5.74, 6) is -0.207. The van der Waals surface area contributed by atoms with Crippen molar-refractivity contribution in [2.75, 3.05) is 7.05 Å². The van der Waals surface area contributed by atoms with Gasteiger partial charge in [-0.2, -0.15) is 0 Å². The number of aryl methyl sites for hydroxylation is 2. The normalized spacial score (nSPS) is 12.5. The fraction of sp³-hybridized carbons (Fsp3) is 0.250. The fourth-order valence-electron chi connectivity index (χ4n) is 2.33. The van der Waals surface area contributed by atoms with Gasteiger partial charge in [0.25, 0.3) is 0 Å². The Morgan fingerprint density at radius 2 is 1.53 bits per heavy atom. The van der Waals surface area contributed by atoms with E-state index in [9.17, 15) is 4.39 Å². The SMILES string of the molecule is CNC(c1ccc(F)cc1)c1cc(C)c(Br)c(C)c1. The minimum atomic E-state index is -0.207. The highest BCUT2D eigenvalue weighted by molar-refractivity contribution is 9.10. The number of nitrogens with one attached hydrogen (secondary N) is 1. The second kappa shape index (κ2) is 5.85. The average molecular weight is 322 g/mol. The van der Waals surface area contributed by atoms with E-state index in [2.05, 4.69) is 47.2 Å². The Bertz CT molecular complexity index is 555. The third kappa shape index (κ3) is 3.04. The molecule has 0 saturated heterocycles. The van der Waals surface area contributed by atoms with Gasteiger partial charge in [-0.25, -0.2) is 4.39 Å². The van der Waals surface area contributed by atoms with E-state index in [0.717, 1.165) is 10.0 Å². The van der Waals surface area contributed by atoms with Crippen molar-refractivity contribution in [3.8, 4) is 0 Å². The van der Waals surface area contributed by atoms with Gasteiger partial charge < -0.3 is 5.32 Å². The number of hydrogen-bond donors (Lipinski definition) is 1. The number of benzene rings is 2. The van der Waals surface area contributed by atoms with E-state index in [1.165, 1.54) is 28.8 Å². The Morgan fingerprint density at radius 1 is 1.00 bits per heavy atom. The second-order valence-electron chi connectivity index (χ2n) is 4.74. The molecule has 0 aromatic heterocycles. The van der Waals surface area contributed by atoms with Crippen molar-refractivity contribution in [1.29, 1.82) is 0 Å². The standard InChI is InChI=1S/C16H17BrFN/c1-10-8-13(9-11(2)15(10)17)16(19-3)12-4-6-14(18)7-5-12/h4-9,16,19H,1-3H3. The monoisotopic (exact) mass is 321 g/mol. The molecule has 0 bridgehead atoms. The third-order valence-corrected chi connectivity index (χ3v) is 4.53. The molecule has 1 nitrogen and oxygen atoms in total. The van der Waals surface area contributed by atoms with E-state index in [0.29, 0.717) is 0 Å². The van der Waals surface area contributed by atoms with E-state index in [-0.39, 0.29) is 11.9 Å². The van der Waals surface area contributed by atoms with Crippen molar-refractivity contribution in [3.63, 3.8) is 0 Å². The molecule has 0 saturated carbocycles. The second-order valence-corrected chi connectivity index (χ2v) is 5.53. The third-order valence-electron chi connectivity index (χ3n) is 3.28. The summed E-state index contributed by atoms with van der Waals surface area (Å²) in [5, 5.41) is 3.29. The Balaban J connectivity index is 2.45. The molecule has 0 spiro atoms. The Hall–Kier alpha value is -1.19. The van der Waals surface area contributed by atoms with E-state index in [4.69, 9.17) is 0 Å². The molecular formula is C16H17BrFN. The van der Waals surface area contributed by atoms with E-state index >= 15 is 0 Å². The van der Waals surface area contributed by atoms with Crippen LogP contribution in [0.4, 0.5) is 4.39 Å². The summed E-state index contributed by atoms with van der Waals surface area (Å²) in [7, 11) is 1.92. The maximum absolute atomic E-state index is 13.0. The maximum Gasteiger partial charge on any atom is 0.123 e. The summed E-state index contributed by atoms with van der Waals surface area (Å²) in [6.45, 7) is 4.16. The van der Waals surface area contributed by atoms with Crippen LogP contribution in [0.1, 0.15) is 28.3 Å². The van der Waals surface area contributed by atoms with Crippen molar-refractivity contribution in [2.24, 2.45) is 0 Å². The highest BCUT2D eigenvalue weighted by Gasteiger charge is 2.14. The molecule has 1 unspecified atom stereocenters. The van der Waals surface area contributed by atoms with E-state index in [1.54, 1.807) is 0 Å². The summed E-state index contributed by atoms with van der Waals surface area (Å²) in [4.78, 5) is 0. The zero-order chi connectivity index (χ0) is 14.0. The molecule has 0 fully saturated rings. The van der Waals surface area contributed by atoms with Crippen molar-refractivity contribution < 1.29 is 4.39 Å². The topological polar surface area (TPSA) is 12.0 Å². The maximum atomic E-state index is 13.0. The van der Waals surface area contributed by atoms with Gasteiger partial charge in [-0.15, -0.1) is 0 Å². The van der Waals surface area contributed by atoms with E-state index in [1.807, 2.05) is 19.2 Å². The molecule has 1 N–H and O–H groups in total. The van der Waals surface area contributed by atoms with Crippen LogP contribution in [-0.2, 0) is 0 Å². The molecule has 3 heteroatoms. The molecule has 0 radical (unpaired) electrons. The van der Waals surface area contributed by atoms with Gasteiger partial charge in [0, 0.05) is 4.47 Å². The van der Waals surface area contributed by atoms with Gasteiger partial charge in [0.05, 0.1) is 6.04 Å². The van der Waals surface area contributed by atoms with Crippen LogP contribution in [0.5, 0.6) is 0 Å². The van der Waals surface area contributed by atoms with Crippen molar-refractivity contribution in [2.45, 2.75) is 19.9 Å². The summed E-state index contributed by atoms with van der Waals surface area (Å²) >= 11 is 3.58. The van der Waals surface area contributed by atoms with Gasteiger partial charge in [0.2, 0.25) is 0 Å². The van der Waals surface area contributed by atoms with Crippen LogP contribution in [-0.4, -0.2) is 7.05 Å². The first-order valence-corrected chi connectivity index (χ1v) is 7.01. The minimum Gasteiger partial charge on any atom is -0.309 e. The van der Waals surface area contributed by atoms with E-state index < -0.39 is 0 Å². The first-order valence-electron chi connectivity index (χ1n) is 6.22. The smallest absolute Gasteiger partial charge is 0.123 e. The molecule has 2 aromatic rings. The largest absolute Gasteiger partial charge is 0.309 e. The fourth-order valence-corrected chi connectivity index (χ4v) is 2.56. The zero-order valence-electron chi connectivity index (χ0n) is 11.3.